The highest BCUT2D eigenvalue weighted by Gasteiger charge is 2.06. The summed E-state index contributed by atoms with van der Waals surface area (Å²) < 4.78 is 0. The van der Waals surface area contributed by atoms with E-state index in [1.165, 1.54) is 11.3 Å². The average Bonchev–Trinajstić information content (AvgIpc) is 2.71. The van der Waals surface area contributed by atoms with Crippen LogP contribution < -0.4 is 0 Å². The third kappa shape index (κ3) is 1.66. The van der Waals surface area contributed by atoms with Gasteiger partial charge in [0.1, 0.15) is 16.4 Å². The molecule has 0 unspecified atom stereocenters. The number of hydrogen-bond donors (Lipinski definition) is 0. The molecule has 66 valence electrons. The van der Waals surface area contributed by atoms with Gasteiger partial charge in [-0.1, -0.05) is 0 Å². The van der Waals surface area contributed by atoms with E-state index >= 15 is 0 Å². The Bertz CT molecular complexity index is 433. The van der Waals surface area contributed by atoms with Gasteiger partial charge in [-0.15, -0.1) is 22.7 Å². The molecule has 0 aliphatic rings. The van der Waals surface area contributed by atoms with Gasteiger partial charge < -0.3 is 0 Å². The van der Waals surface area contributed by atoms with E-state index < -0.39 is 0 Å². The molecule has 0 fully saturated rings. The van der Waals surface area contributed by atoms with Gasteiger partial charge in [-0.2, -0.15) is 0 Å². The summed E-state index contributed by atoms with van der Waals surface area (Å²) in [5.74, 6) is 0. The van der Waals surface area contributed by atoms with Gasteiger partial charge in [-0.25, -0.2) is 9.97 Å². The molecule has 0 saturated carbocycles. The van der Waals surface area contributed by atoms with Crippen LogP contribution in [-0.4, -0.2) is 16.3 Å². The SMILES string of the molecule is Cc1nc(-c2nc(C=O)cs2)cs1. The molecule has 5 heteroatoms. The fourth-order valence-electron chi connectivity index (χ4n) is 0.920. The number of aryl methyl sites for hydroxylation is 1. The van der Waals surface area contributed by atoms with Gasteiger partial charge in [0, 0.05) is 10.8 Å². The number of hydrogen-bond acceptors (Lipinski definition) is 5. The Hall–Kier alpha value is -1.07. The van der Waals surface area contributed by atoms with Gasteiger partial charge in [0.2, 0.25) is 0 Å². The first-order valence-corrected chi connectivity index (χ1v) is 5.39. The van der Waals surface area contributed by atoms with Crippen molar-refractivity contribution in [2.75, 3.05) is 0 Å². The lowest BCUT2D eigenvalue weighted by molar-refractivity contribution is 0.111. The lowest BCUT2D eigenvalue weighted by Crippen LogP contribution is -1.80. The molecule has 0 aliphatic carbocycles. The van der Waals surface area contributed by atoms with E-state index in [9.17, 15) is 4.79 Å². The number of thiazole rings is 2. The lowest BCUT2D eigenvalue weighted by atomic mass is 10.5. The van der Waals surface area contributed by atoms with Crippen LogP contribution in [0.1, 0.15) is 15.5 Å². The van der Waals surface area contributed by atoms with Crippen LogP contribution in [0.25, 0.3) is 10.7 Å². The molecule has 0 aliphatic heterocycles. The number of aldehydes is 1. The predicted molar refractivity (Wildman–Crippen MR) is 53.3 cm³/mol. The van der Waals surface area contributed by atoms with Crippen molar-refractivity contribution in [1.29, 1.82) is 0 Å². The second kappa shape index (κ2) is 3.35. The number of carbonyl (C=O) groups excluding carboxylic acids is 1. The summed E-state index contributed by atoms with van der Waals surface area (Å²) in [6.45, 7) is 1.95. The maximum absolute atomic E-state index is 10.4. The standard InChI is InChI=1S/C8H6N2OS2/c1-5-9-7(4-12-5)8-10-6(2-11)3-13-8/h2-4H,1H3. The highest BCUT2D eigenvalue weighted by molar-refractivity contribution is 7.14. The molecule has 2 heterocycles. The van der Waals surface area contributed by atoms with Crippen LogP contribution in [0, 0.1) is 6.92 Å². The van der Waals surface area contributed by atoms with Gasteiger partial charge in [-0.3, -0.25) is 4.79 Å². The van der Waals surface area contributed by atoms with Crippen LogP contribution in [0.4, 0.5) is 0 Å². The first kappa shape index (κ1) is 8.52. The maximum Gasteiger partial charge on any atom is 0.169 e. The van der Waals surface area contributed by atoms with Crippen LogP contribution in [0.5, 0.6) is 0 Å². The molecule has 0 bridgehead atoms. The quantitative estimate of drug-likeness (QED) is 0.715. The minimum absolute atomic E-state index is 0.477. The Morgan fingerprint density at radius 1 is 1.31 bits per heavy atom. The van der Waals surface area contributed by atoms with E-state index in [1.807, 2.05) is 12.3 Å². The molecule has 3 nitrogen and oxygen atoms in total. The van der Waals surface area contributed by atoms with E-state index in [4.69, 9.17) is 0 Å². The molecule has 13 heavy (non-hydrogen) atoms. The first-order chi connectivity index (χ1) is 6.29. The van der Waals surface area contributed by atoms with Gasteiger partial charge >= 0.3 is 0 Å². The lowest BCUT2D eigenvalue weighted by Gasteiger charge is -1.84. The van der Waals surface area contributed by atoms with E-state index in [0.29, 0.717) is 5.69 Å². The summed E-state index contributed by atoms with van der Waals surface area (Å²) in [6, 6.07) is 0. The predicted octanol–water partition coefficient (Wildman–Crippen LogP) is 2.39. The maximum atomic E-state index is 10.4. The summed E-state index contributed by atoms with van der Waals surface area (Å²) in [6.07, 6.45) is 0.749. The van der Waals surface area contributed by atoms with Crippen molar-refractivity contribution in [2.24, 2.45) is 0 Å². The summed E-state index contributed by atoms with van der Waals surface area (Å²) in [4.78, 5) is 18.8. The van der Waals surface area contributed by atoms with Crippen molar-refractivity contribution in [2.45, 2.75) is 6.92 Å². The smallest absolute Gasteiger partial charge is 0.169 e. The second-order valence-electron chi connectivity index (χ2n) is 2.45. The van der Waals surface area contributed by atoms with Crippen LogP contribution in [0.2, 0.25) is 0 Å². The highest BCUT2D eigenvalue weighted by Crippen LogP contribution is 2.24. The average molecular weight is 210 g/mol. The second-order valence-corrected chi connectivity index (χ2v) is 4.37. The summed E-state index contributed by atoms with van der Waals surface area (Å²) in [5.41, 5.74) is 1.34. The van der Waals surface area contributed by atoms with E-state index in [0.717, 1.165) is 22.0 Å². The molecule has 0 radical (unpaired) electrons. The first-order valence-electron chi connectivity index (χ1n) is 3.63. The minimum atomic E-state index is 0.477. The van der Waals surface area contributed by atoms with Crippen molar-refractivity contribution in [1.82, 2.24) is 9.97 Å². The molecule has 2 rings (SSSR count). The van der Waals surface area contributed by atoms with Gasteiger partial charge in [0.15, 0.2) is 6.29 Å². The van der Waals surface area contributed by atoms with Crippen LogP contribution in [0.3, 0.4) is 0 Å². The Morgan fingerprint density at radius 3 is 2.69 bits per heavy atom. The number of carbonyl (C=O) groups is 1. The summed E-state index contributed by atoms with van der Waals surface area (Å²) in [5, 5.41) is 5.50. The molecule has 0 amide bonds. The molecule has 0 N–H and O–H groups in total. The van der Waals surface area contributed by atoms with Crippen molar-refractivity contribution in [3.05, 3.63) is 21.5 Å². The third-order valence-corrected chi connectivity index (χ3v) is 3.14. The molecular weight excluding hydrogens is 204 g/mol. The Kier molecular flexibility index (Phi) is 2.20. The third-order valence-electron chi connectivity index (χ3n) is 1.48. The van der Waals surface area contributed by atoms with E-state index in [-0.39, 0.29) is 0 Å². The van der Waals surface area contributed by atoms with Crippen molar-refractivity contribution in [3.8, 4) is 10.7 Å². The number of aromatic nitrogens is 2. The number of nitrogens with zero attached hydrogens (tertiary/aromatic N) is 2. The molecule has 0 saturated heterocycles. The van der Waals surface area contributed by atoms with Gasteiger partial charge in [0.05, 0.1) is 5.01 Å². The summed E-state index contributed by atoms with van der Waals surface area (Å²) >= 11 is 3.03. The van der Waals surface area contributed by atoms with E-state index in [2.05, 4.69) is 9.97 Å². The fourth-order valence-corrected chi connectivity index (χ4v) is 2.32. The molecule has 2 aromatic rings. The highest BCUT2D eigenvalue weighted by atomic mass is 32.1. The monoisotopic (exact) mass is 210 g/mol. The normalized spacial score (nSPS) is 10.2. The largest absolute Gasteiger partial charge is 0.296 e. The molecule has 0 atom stereocenters. The Labute approximate surface area is 83.1 Å². The Morgan fingerprint density at radius 2 is 2.15 bits per heavy atom. The van der Waals surface area contributed by atoms with Gasteiger partial charge in [0.25, 0.3) is 0 Å². The fraction of sp³-hybridized carbons (Fsp3) is 0.125. The molecule has 2 aromatic heterocycles. The van der Waals surface area contributed by atoms with E-state index in [1.54, 1.807) is 16.7 Å². The minimum Gasteiger partial charge on any atom is -0.296 e. The zero-order valence-corrected chi connectivity index (χ0v) is 8.48. The zero-order chi connectivity index (χ0) is 9.26. The van der Waals surface area contributed by atoms with Crippen LogP contribution >= 0.6 is 22.7 Å². The van der Waals surface area contributed by atoms with Gasteiger partial charge in [-0.05, 0) is 6.92 Å². The zero-order valence-electron chi connectivity index (χ0n) is 6.85. The molecular formula is C8H6N2OS2. The van der Waals surface area contributed by atoms with Crippen LogP contribution in [0.15, 0.2) is 10.8 Å². The molecule has 0 spiro atoms. The van der Waals surface area contributed by atoms with Crippen molar-refractivity contribution >= 4 is 29.0 Å². The summed E-state index contributed by atoms with van der Waals surface area (Å²) in [7, 11) is 0. The topological polar surface area (TPSA) is 42.9 Å². The number of rotatable bonds is 2. The Balaban J connectivity index is 2.40. The van der Waals surface area contributed by atoms with Crippen LogP contribution in [-0.2, 0) is 0 Å². The van der Waals surface area contributed by atoms with Crippen molar-refractivity contribution < 1.29 is 4.79 Å². The van der Waals surface area contributed by atoms with Crippen molar-refractivity contribution in [3.63, 3.8) is 0 Å². The molecule has 0 aromatic carbocycles.